The Morgan fingerprint density at radius 1 is 1.44 bits per heavy atom. The van der Waals surface area contributed by atoms with Crippen LogP contribution in [0, 0.1) is 0 Å². The quantitative estimate of drug-likeness (QED) is 0.645. The lowest BCUT2D eigenvalue weighted by molar-refractivity contribution is -0.124. The summed E-state index contributed by atoms with van der Waals surface area (Å²) in [6, 6.07) is 7.22. The Kier molecular flexibility index (Phi) is 4.95. The average molecular weight is 241 g/mol. The molecule has 0 unspecified atom stereocenters. The van der Waals surface area contributed by atoms with Gasteiger partial charge in [0.1, 0.15) is 6.61 Å². The lowest BCUT2D eigenvalue weighted by Crippen LogP contribution is -2.23. The Hall–Kier alpha value is -1.39. The predicted octanol–water partition coefficient (Wildman–Crippen LogP) is 1.83. The summed E-state index contributed by atoms with van der Waals surface area (Å²) < 4.78 is 4.66. The SMILES string of the molecule is COCC(=O)N/N=C(/C)c1ccc(Cl)cc1. The van der Waals surface area contributed by atoms with Crippen LogP contribution in [0.3, 0.4) is 0 Å². The van der Waals surface area contributed by atoms with E-state index in [-0.39, 0.29) is 12.5 Å². The highest BCUT2D eigenvalue weighted by molar-refractivity contribution is 6.30. The first kappa shape index (κ1) is 12.7. The number of hydrogen-bond acceptors (Lipinski definition) is 3. The fourth-order valence-corrected chi connectivity index (χ4v) is 1.19. The molecular formula is C11H13ClN2O2. The van der Waals surface area contributed by atoms with Gasteiger partial charge in [0.2, 0.25) is 0 Å². The zero-order valence-corrected chi connectivity index (χ0v) is 9.91. The van der Waals surface area contributed by atoms with E-state index in [1.165, 1.54) is 7.11 Å². The molecule has 0 aliphatic carbocycles. The van der Waals surface area contributed by atoms with Gasteiger partial charge in [-0.25, -0.2) is 5.43 Å². The number of methoxy groups -OCH3 is 1. The molecule has 0 spiro atoms. The lowest BCUT2D eigenvalue weighted by Gasteiger charge is -2.02. The van der Waals surface area contributed by atoms with Crippen molar-refractivity contribution in [3.8, 4) is 0 Å². The molecule has 4 nitrogen and oxygen atoms in total. The summed E-state index contributed by atoms with van der Waals surface area (Å²) in [5, 5.41) is 4.60. The summed E-state index contributed by atoms with van der Waals surface area (Å²) in [7, 11) is 1.45. The third-order valence-corrected chi connectivity index (χ3v) is 2.14. The molecule has 1 aromatic rings. The molecule has 86 valence electrons. The summed E-state index contributed by atoms with van der Waals surface area (Å²) in [6.45, 7) is 1.80. The zero-order valence-electron chi connectivity index (χ0n) is 9.16. The van der Waals surface area contributed by atoms with Crippen LogP contribution in [-0.4, -0.2) is 25.3 Å². The maximum Gasteiger partial charge on any atom is 0.266 e. The van der Waals surface area contributed by atoms with E-state index in [2.05, 4.69) is 15.3 Å². The van der Waals surface area contributed by atoms with Crippen LogP contribution in [0.15, 0.2) is 29.4 Å². The highest BCUT2D eigenvalue weighted by Crippen LogP contribution is 2.09. The molecular weight excluding hydrogens is 228 g/mol. The second kappa shape index (κ2) is 6.25. The fraction of sp³-hybridized carbons (Fsp3) is 0.273. The van der Waals surface area contributed by atoms with Crippen molar-refractivity contribution >= 4 is 23.2 Å². The number of hydrogen-bond donors (Lipinski definition) is 1. The molecule has 1 amide bonds. The molecule has 1 rings (SSSR count). The van der Waals surface area contributed by atoms with Crippen molar-refractivity contribution in [2.75, 3.05) is 13.7 Å². The zero-order chi connectivity index (χ0) is 12.0. The molecule has 0 aliphatic heterocycles. The molecule has 0 fully saturated rings. The van der Waals surface area contributed by atoms with Crippen LogP contribution in [0.1, 0.15) is 12.5 Å². The Labute approximate surface area is 99.2 Å². The van der Waals surface area contributed by atoms with Crippen LogP contribution in [0.25, 0.3) is 0 Å². The number of nitrogens with one attached hydrogen (secondary N) is 1. The van der Waals surface area contributed by atoms with E-state index in [0.29, 0.717) is 10.7 Å². The minimum atomic E-state index is -0.282. The minimum Gasteiger partial charge on any atom is -0.375 e. The van der Waals surface area contributed by atoms with E-state index in [1.54, 1.807) is 19.1 Å². The second-order valence-electron chi connectivity index (χ2n) is 3.17. The molecule has 0 saturated heterocycles. The smallest absolute Gasteiger partial charge is 0.266 e. The van der Waals surface area contributed by atoms with Crippen molar-refractivity contribution in [2.45, 2.75) is 6.92 Å². The summed E-state index contributed by atoms with van der Waals surface area (Å²) in [5.41, 5.74) is 4.00. The first-order chi connectivity index (χ1) is 7.63. The normalized spacial score (nSPS) is 11.3. The van der Waals surface area contributed by atoms with Crippen LogP contribution in [0.2, 0.25) is 5.02 Å². The highest BCUT2D eigenvalue weighted by atomic mass is 35.5. The van der Waals surface area contributed by atoms with Gasteiger partial charge in [-0.1, -0.05) is 23.7 Å². The van der Waals surface area contributed by atoms with Crippen molar-refractivity contribution in [1.82, 2.24) is 5.43 Å². The first-order valence-corrected chi connectivity index (χ1v) is 5.09. The van der Waals surface area contributed by atoms with Crippen molar-refractivity contribution in [1.29, 1.82) is 0 Å². The number of benzene rings is 1. The number of ether oxygens (including phenoxy) is 1. The van der Waals surface area contributed by atoms with Gasteiger partial charge in [-0.2, -0.15) is 5.10 Å². The number of halogens is 1. The Bertz CT molecular complexity index is 387. The lowest BCUT2D eigenvalue weighted by atomic mass is 10.1. The van der Waals surface area contributed by atoms with E-state index >= 15 is 0 Å². The molecule has 1 aromatic carbocycles. The van der Waals surface area contributed by atoms with Crippen molar-refractivity contribution in [3.63, 3.8) is 0 Å². The van der Waals surface area contributed by atoms with Crippen LogP contribution in [-0.2, 0) is 9.53 Å². The van der Waals surface area contributed by atoms with Gasteiger partial charge in [0.15, 0.2) is 0 Å². The van der Waals surface area contributed by atoms with E-state index < -0.39 is 0 Å². The van der Waals surface area contributed by atoms with Crippen molar-refractivity contribution in [2.24, 2.45) is 5.10 Å². The molecule has 0 aromatic heterocycles. The molecule has 0 atom stereocenters. The van der Waals surface area contributed by atoms with Gasteiger partial charge in [-0.3, -0.25) is 4.79 Å². The highest BCUT2D eigenvalue weighted by Gasteiger charge is 2.00. The number of rotatable bonds is 4. The Balaban J connectivity index is 2.63. The van der Waals surface area contributed by atoms with E-state index in [0.717, 1.165) is 5.56 Å². The standard InChI is InChI=1S/C11H13ClN2O2/c1-8(13-14-11(15)7-16-2)9-3-5-10(12)6-4-9/h3-6H,7H2,1-2H3,(H,14,15)/b13-8-. The van der Waals surface area contributed by atoms with Crippen LogP contribution in [0.4, 0.5) is 0 Å². The number of carbonyl (C=O) groups is 1. The molecule has 0 bridgehead atoms. The molecule has 16 heavy (non-hydrogen) atoms. The maximum absolute atomic E-state index is 11.1. The van der Waals surface area contributed by atoms with Gasteiger partial charge in [0.25, 0.3) is 5.91 Å². The summed E-state index contributed by atoms with van der Waals surface area (Å²) >= 11 is 5.76. The maximum atomic E-state index is 11.1. The summed E-state index contributed by atoms with van der Waals surface area (Å²) in [5.74, 6) is -0.282. The number of carbonyl (C=O) groups excluding carboxylic acids is 1. The molecule has 0 saturated carbocycles. The third-order valence-electron chi connectivity index (χ3n) is 1.89. The largest absolute Gasteiger partial charge is 0.375 e. The third kappa shape index (κ3) is 4.00. The minimum absolute atomic E-state index is 0.00258. The van der Waals surface area contributed by atoms with Crippen LogP contribution >= 0.6 is 11.6 Å². The second-order valence-corrected chi connectivity index (χ2v) is 3.61. The van der Waals surface area contributed by atoms with Crippen LogP contribution in [0.5, 0.6) is 0 Å². The molecule has 1 N–H and O–H groups in total. The Morgan fingerprint density at radius 2 is 2.06 bits per heavy atom. The van der Waals surface area contributed by atoms with Crippen molar-refractivity contribution < 1.29 is 9.53 Å². The van der Waals surface area contributed by atoms with Gasteiger partial charge in [0.05, 0.1) is 5.71 Å². The molecule has 5 heteroatoms. The summed E-state index contributed by atoms with van der Waals surface area (Å²) in [6.07, 6.45) is 0. The van der Waals surface area contributed by atoms with E-state index in [9.17, 15) is 4.79 Å². The molecule has 0 aliphatic rings. The van der Waals surface area contributed by atoms with E-state index in [4.69, 9.17) is 11.6 Å². The monoisotopic (exact) mass is 240 g/mol. The average Bonchev–Trinajstić information content (AvgIpc) is 2.27. The molecule has 0 radical (unpaired) electrons. The van der Waals surface area contributed by atoms with E-state index in [1.807, 2.05) is 12.1 Å². The topological polar surface area (TPSA) is 50.7 Å². The van der Waals surface area contributed by atoms with Gasteiger partial charge >= 0.3 is 0 Å². The number of nitrogens with zero attached hydrogens (tertiary/aromatic N) is 1. The summed E-state index contributed by atoms with van der Waals surface area (Å²) in [4.78, 5) is 11.1. The van der Waals surface area contributed by atoms with Crippen molar-refractivity contribution in [3.05, 3.63) is 34.9 Å². The molecule has 0 heterocycles. The number of amides is 1. The van der Waals surface area contributed by atoms with Crippen LogP contribution < -0.4 is 5.43 Å². The van der Waals surface area contributed by atoms with Gasteiger partial charge in [-0.05, 0) is 24.6 Å². The van der Waals surface area contributed by atoms with Gasteiger partial charge in [-0.15, -0.1) is 0 Å². The first-order valence-electron chi connectivity index (χ1n) is 4.71. The Morgan fingerprint density at radius 3 is 2.62 bits per heavy atom. The van der Waals surface area contributed by atoms with Gasteiger partial charge < -0.3 is 4.74 Å². The van der Waals surface area contributed by atoms with Gasteiger partial charge in [0, 0.05) is 12.1 Å². The predicted molar refractivity (Wildman–Crippen MR) is 63.7 cm³/mol. The number of hydrazone groups is 1. The fourth-order valence-electron chi connectivity index (χ4n) is 1.07.